The van der Waals surface area contributed by atoms with Gasteiger partial charge in [-0.2, -0.15) is 0 Å². The van der Waals surface area contributed by atoms with E-state index < -0.39 is 6.29 Å². The second-order valence-corrected chi connectivity index (χ2v) is 6.45. The number of hydrogen-bond donors (Lipinski definition) is 1. The van der Waals surface area contributed by atoms with E-state index in [1.165, 1.54) is 30.0 Å². The van der Waals surface area contributed by atoms with Gasteiger partial charge in [0.2, 0.25) is 5.91 Å². The summed E-state index contributed by atoms with van der Waals surface area (Å²) in [5.74, 6) is -0.163. The molecule has 1 N–H and O–H groups in total. The first-order valence-electron chi connectivity index (χ1n) is 7.22. The van der Waals surface area contributed by atoms with Crippen LogP contribution in [0.3, 0.4) is 0 Å². The van der Waals surface area contributed by atoms with Crippen molar-refractivity contribution < 1.29 is 23.0 Å². The van der Waals surface area contributed by atoms with Crippen LogP contribution >= 0.6 is 11.8 Å². The summed E-state index contributed by atoms with van der Waals surface area (Å²) in [6.45, 7) is 3.98. The second-order valence-electron chi connectivity index (χ2n) is 5.43. The number of nitrogens with one attached hydrogen (secondary N) is 1. The van der Waals surface area contributed by atoms with Crippen LogP contribution in [0, 0.1) is 13.8 Å². The lowest BCUT2D eigenvalue weighted by Crippen LogP contribution is -2.25. The van der Waals surface area contributed by atoms with Gasteiger partial charge in [-0.3, -0.25) is 4.79 Å². The summed E-state index contributed by atoms with van der Waals surface area (Å²) in [4.78, 5) is 13.1. The maximum Gasteiger partial charge on any atom is 0.586 e. The fourth-order valence-electron chi connectivity index (χ4n) is 2.23. The summed E-state index contributed by atoms with van der Waals surface area (Å²) in [6, 6.07) is 10.2. The Labute approximate surface area is 142 Å². The largest absolute Gasteiger partial charge is 0.586 e. The normalized spacial score (nSPS) is 14.5. The van der Waals surface area contributed by atoms with Crippen molar-refractivity contribution >= 4 is 23.4 Å². The van der Waals surface area contributed by atoms with Crippen LogP contribution < -0.4 is 14.8 Å². The highest BCUT2D eigenvalue weighted by Crippen LogP contribution is 2.42. The average molecular weight is 351 g/mol. The minimum absolute atomic E-state index is 0.0530. The predicted octanol–water partition coefficient (Wildman–Crippen LogP) is 4.36. The molecule has 1 amide bonds. The Kier molecular flexibility index (Phi) is 4.36. The molecule has 0 radical (unpaired) electrons. The van der Waals surface area contributed by atoms with Crippen molar-refractivity contribution in [3.63, 3.8) is 0 Å². The minimum atomic E-state index is -3.66. The van der Waals surface area contributed by atoms with E-state index in [1.807, 2.05) is 32.0 Å². The van der Waals surface area contributed by atoms with Gasteiger partial charge in [0.15, 0.2) is 11.5 Å². The van der Waals surface area contributed by atoms with Crippen molar-refractivity contribution in [3.8, 4) is 11.5 Å². The van der Waals surface area contributed by atoms with Crippen molar-refractivity contribution in [2.24, 2.45) is 0 Å². The standard InChI is InChI=1S/C17H15F2NO3S/c1-10-3-4-11(2)15(7-10)24-9-16(21)20-12-5-6-13-14(8-12)23-17(18,19)22-13/h3-8H,9H2,1-2H3,(H,20,21). The number of carbonyl (C=O) groups is 1. The number of ether oxygens (including phenoxy) is 2. The molecule has 1 aliphatic heterocycles. The molecule has 0 atom stereocenters. The van der Waals surface area contributed by atoms with Gasteiger partial charge in [0.25, 0.3) is 0 Å². The van der Waals surface area contributed by atoms with E-state index in [9.17, 15) is 13.6 Å². The van der Waals surface area contributed by atoms with Gasteiger partial charge >= 0.3 is 6.29 Å². The molecule has 1 heterocycles. The highest BCUT2D eigenvalue weighted by atomic mass is 32.2. The number of halogens is 2. The molecular formula is C17H15F2NO3S. The monoisotopic (exact) mass is 351 g/mol. The molecule has 2 aromatic carbocycles. The molecule has 0 aromatic heterocycles. The van der Waals surface area contributed by atoms with Crippen molar-refractivity contribution in [1.29, 1.82) is 0 Å². The number of thioether (sulfide) groups is 1. The SMILES string of the molecule is Cc1ccc(C)c(SCC(=O)Nc2ccc3c(c2)OC(F)(F)O3)c1. The van der Waals surface area contributed by atoms with Gasteiger partial charge in [-0.15, -0.1) is 20.5 Å². The lowest BCUT2D eigenvalue weighted by atomic mass is 10.2. The zero-order valence-corrected chi connectivity index (χ0v) is 13.9. The van der Waals surface area contributed by atoms with Gasteiger partial charge in [-0.05, 0) is 37.6 Å². The van der Waals surface area contributed by atoms with Crippen molar-refractivity contribution in [3.05, 3.63) is 47.5 Å². The van der Waals surface area contributed by atoms with Gasteiger partial charge in [-0.25, -0.2) is 0 Å². The third kappa shape index (κ3) is 3.79. The smallest absolute Gasteiger partial charge is 0.395 e. The minimum Gasteiger partial charge on any atom is -0.395 e. The van der Waals surface area contributed by atoms with Crippen molar-refractivity contribution in [2.75, 3.05) is 11.1 Å². The van der Waals surface area contributed by atoms with E-state index in [1.54, 1.807) is 0 Å². The molecule has 0 saturated carbocycles. The number of aryl methyl sites for hydroxylation is 2. The fraction of sp³-hybridized carbons (Fsp3) is 0.235. The summed E-state index contributed by atoms with van der Waals surface area (Å²) in [7, 11) is 0. The Morgan fingerprint density at radius 1 is 1.12 bits per heavy atom. The van der Waals surface area contributed by atoms with E-state index in [4.69, 9.17) is 0 Å². The van der Waals surface area contributed by atoms with E-state index in [0.29, 0.717) is 5.69 Å². The lowest BCUT2D eigenvalue weighted by Gasteiger charge is -2.08. The summed E-state index contributed by atoms with van der Waals surface area (Å²) < 4.78 is 34.6. The van der Waals surface area contributed by atoms with Gasteiger partial charge in [0.05, 0.1) is 5.75 Å². The van der Waals surface area contributed by atoms with Gasteiger partial charge in [-0.1, -0.05) is 17.7 Å². The topological polar surface area (TPSA) is 47.6 Å². The third-order valence-electron chi connectivity index (χ3n) is 3.39. The Hall–Kier alpha value is -2.28. The Balaban J connectivity index is 1.61. The molecule has 7 heteroatoms. The van der Waals surface area contributed by atoms with Crippen LogP contribution in [0.25, 0.3) is 0 Å². The fourth-order valence-corrected chi connectivity index (χ4v) is 3.15. The van der Waals surface area contributed by atoms with Crippen LogP contribution in [0.2, 0.25) is 0 Å². The average Bonchev–Trinajstić information content (AvgIpc) is 2.81. The molecule has 126 valence electrons. The molecule has 0 saturated heterocycles. The maximum absolute atomic E-state index is 13.0. The first-order valence-corrected chi connectivity index (χ1v) is 8.21. The number of rotatable bonds is 4. The second kappa shape index (κ2) is 6.32. The van der Waals surface area contributed by atoms with Crippen LogP contribution in [0.5, 0.6) is 11.5 Å². The summed E-state index contributed by atoms with van der Waals surface area (Å²) in [6.07, 6.45) is -3.66. The Morgan fingerprint density at radius 3 is 2.67 bits per heavy atom. The van der Waals surface area contributed by atoms with E-state index in [0.717, 1.165) is 16.0 Å². The first kappa shape index (κ1) is 16.6. The van der Waals surface area contributed by atoms with Crippen LogP contribution in [0.1, 0.15) is 11.1 Å². The summed E-state index contributed by atoms with van der Waals surface area (Å²) >= 11 is 1.43. The van der Waals surface area contributed by atoms with Crippen LogP contribution in [-0.4, -0.2) is 18.0 Å². The molecule has 0 unspecified atom stereocenters. The number of carbonyl (C=O) groups excluding carboxylic acids is 1. The lowest BCUT2D eigenvalue weighted by molar-refractivity contribution is -0.286. The molecule has 4 nitrogen and oxygen atoms in total. The molecule has 0 fully saturated rings. The number of benzene rings is 2. The molecular weight excluding hydrogens is 336 g/mol. The van der Waals surface area contributed by atoms with Gasteiger partial charge in [0, 0.05) is 16.6 Å². The Morgan fingerprint density at radius 2 is 1.88 bits per heavy atom. The number of anilines is 1. The molecule has 2 aromatic rings. The number of alkyl halides is 2. The summed E-state index contributed by atoms with van der Waals surface area (Å²) in [5, 5.41) is 2.66. The predicted molar refractivity (Wildman–Crippen MR) is 87.9 cm³/mol. The maximum atomic E-state index is 13.0. The number of amides is 1. The van der Waals surface area contributed by atoms with Crippen LogP contribution in [0.4, 0.5) is 14.5 Å². The van der Waals surface area contributed by atoms with Crippen LogP contribution in [-0.2, 0) is 4.79 Å². The van der Waals surface area contributed by atoms with Gasteiger partial charge in [0.1, 0.15) is 0 Å². The van der Waals surface area contributed by atoms with Crippen LogP contribution in [0.15, 0.2) is 41.3 Å². The van der Waals surface area contributed by atoms with E-state index in [2.05, 4.69) is 14.8 Å². The highest BCUT2D eigenvalue weighted by molar-refractivity contribution is 8.00. The highest BCUT2D eigenvalue weighted by Gasteiger charge is 2.43. The summed E-state index contributed by atoms with van der Waals surface area (Å²) in [5.41, 5.74) is 2.60. The first-order chi connectivity index (χ1) is 11.3. The quantitative estimate of drug-likeness (QED) is 0.832. The molecule has 24 heavy (non-hydrogen) atoms. The van der Waals surface area contributed by atoms with Gasteiger partial charge < -0.3 is 14.8 Å². The molecule has 1 aliphatic rings. The van der Waals surface area contributed by atoms with Crippen molar-refractivity contribution in [1.82, 2.24) is 0 Å². The molecule has 0 aliphatic carbocycles. The molecule has 0 spiro atoms. The zero-order valence-electron chi connectivity index (χ0n) is 13.1. The zero-order chi connectivity index (χ0) is 17.3. The third-order valence-corrected chi connectivity index (χ3v) is 4.54. The molecule has 0 bridgehead atoms. The molecule has 3 rings (SSSR count). The Bertz CT molecular complexity index is 795. The van der Waals surface area contributed by atoms with E-state index >= 15 is 0 Å². The number of fused-ring (bicyclic) bond motifs is 1. The van der Waals surface area contributed by atoms with Crippen molar-refractivity contribution in [2.45, 2.75) is 25.0 Å². The number of hydrogen-bond acceptors (Lipinski definition) is 4. The van der Waals surface area contributed by atoms with E-state index in [-0.39, 0.29) is 23.2 Å².